The zero-order chi connectivity index (χ0) is 15.0. The van der Waals surface area contributed by atoms with E-state index in [0.29, 0.717) is 0 Å². The molecule has 1 unspecified atom stereocenters. The maximum atomic E-state index is 12.2. The molecule has 2 rings (SSSR count). The highest BCUT2D eigenvalue weighted by Crippen LogP contribution is 2.06. The number of primary amides is 1. The summed E-state index contributed by atoms with van der Waals surface area (Å²) in [5, 5.41) is 21.4. The van der Waals surface area contributed by atoms with E-state index in [2.05, 4.69) is 10.1 Å². The van der Waals surface area contributed by atoms with E-state index in [1.807, 2.05) is 0 Å². The van der Waals surface area contributed by atoms with Gasteiger partial charge in [0.25, 0.3) is 11.2 Å². The molecule has 0 aliphatic heterocycles. The van der Waals surface area contributed by atoms with Gasteiger partial charge in [0, 0.05) is 14.1 Å². The summed E-state index contributed by atoms with van der Waals surface area (Å²) in [6.07, 6.45) is -0.121. The second kappa shape index (κ2) is 5.76. The average molecular weight is 300 g/mol. The summed E-state index contributed by atoms with van der Waals surface area (Å²) in [5.41, 5.74) is 4.96. The number of hydrogen-bond donors (Lipinski definition) is 3. The van der Waals surface area contributed by atoms with Gasteiger partial charge in [-0.2, -0.15) is 0 Å². The molecular formula is C10H16N6O5. The number of hydrogen-bond acceptors (Lipinski definition) is 6. The molecule has 0 aliphatic rings. The van der Waals surface area contributed by atoms with E-state index in [1.54, 1.807) is 7.05 Å². The molecule has 11 heteroatoms. The Labute approximate surface area is 117 Å². The van der Waals surface area contributed by atoms with Crippen molar-refractivity contribution in [1.29, 1.82) is 0 Å². The quantitative estimate of drug-likeness (QED) is 0.391. The van der Waals surface area contributed by atoms with Gasteiger partial charge in [0.15, 0.2) is 11.2 Å². The Kier molecular flexibility index (Phi) is 4.50. The van der Waals surface area contributed by atoms with Gasteiger partial charge in [-0.3, -0.25) is 18.7 Å². The number of imidazole rings is 1. The molecule has 116 valence electrons. The number of aromatic nitrogens is 4. The van der Waals surface area contributed by atoms with Crippen LogP contribution >= 0.6 is 0 Å². The summed E-state index contributed by atoms with van der Waals surface area (Å²) in [4.78, 5) is 27.1. The topological polar surface area (TPSA) is 172 Å². The van der Waals surface area contributed by atoms with Crippen LogP contribution in [0.25, 0.3) is 11.2 Å². The number of fused-ring (bicyclic) bond motifs is 1. The summed E-state index contributed by atoms with van der Waals surface area (Å²) in [6.45, 7) is -0.184. The normalized spacial score (nSPS) is 13.2. The maximum Gasteiger partial charge on any atom is 0.280 e. The fraction of sp³-hybridized carbons (Fsp3) is 0.400. The van der Waals surface area contributed by atoms with Gasteiger partial charge in [-0.25, -0.2) is 4.98 Å². The van der Waals surface area contributed by atoms with Crippen molar-refractivity contribution in [2.45, 2.75) is 12.6 Å². The first-order chi connectivity index (χ1) is 9.38. The largest absolute Gasteiger partial charge is 0.412 e. The molecule has 21 heavy (non-hydrogen) atoms. The molecule has 1 atom stereocenters. The molecule has 11 nitrogen and oxygen atoms in total. The van der Waals surface area contributed by atoms with Gasteiger partial charge in [0.1, 0.15) is 6.10 Å². The number of carbonyl (C=O) groups is 1. The molecular weight excluding hydrogens is 284 g/mol. The predicted molar refractivity (Wildman–Crippen MR) is 70.1 cm³/mol. The van der Waals surface area contributed by atoms with Crippen LogP contribution in [0.4, 0.5) is 0 Å². The first kappa shape index (κ1) is 16.4. The van der Waals surface area contributed by atoms with Crippen molar-refractivity contribution in [2.24, 2.45) is 25.0 Å². The highest BCUT2D eigenvalue weighted by Gasteiger charge is 2.18. The van der Waals surface area contributed by atoms with Crippen molar-refractivity contribution in [2.75, 3.05) is 0 Å². The van der Waals surface area contributed by atoms with Crippen LogP contribution in [-0.4, -0.2) is 46.5 Å². The smallest absolute Gasteiger partial charge is 0.280 e. The molecule has 2 heterocycles. The van der Waals surface area contributed by atoms with Gasteiger partial charge < -0.3 is 26.1 Å². The molecule has 2 aromatic heterocycles. The number of rotatable bonds is 3. The van der Waals surface area contributed by atoms with Crippen molar-refractivity contribution in [3.63, 3.8) is 0 Å². The molecule has 0 aromatic carbocycles. The fourth-order valence-electron chi connectivity index (χ4n) is 1.95. The Morgan fingerprint density at radius 1 is 1.48 bits per heavy atom. The minimum atomic E-state index is -1.43. The van der Waals surface area contributed by atoms with Gasteiger partial charge in [0.2, 0.25) is 5.91 Å². The fourth-order valence-corrected chi connectivity index (χ4v) is 1.95. The predicted octanol–water partition coefficient (Wildman–Crippen LogP) is -3.62. The lowest BCUT2D eigenvalue weighted by atomic mass is 10.3. The van der Waals surface area contributed by atoms with Gasteiger partial charge in [-0.1, -0.05) is 5.16 Å². The molecule has 0 radical (unpaired) electrons. The van der Waals surface area contributed by atoms with Gasteiger partial charge in [0.05, 0.1) is 12.9 Å². The van der Waals surface area contributed by atoms with E-state index in [0.717, 1.165) is 4.57 Å². The lowest BCUT2D eigenvalue weighted by molar-refractivity contribution is -0.126. The van der Waals surface area contributed by atoms with Crippen LogP contribution in [0.5, 0.6) is 0 Å². The third kappa shape index (κ3) is 2.51. The van der Waals surface area contributed by atoms with Crippen LogP contribution in [0.1, 0.15) is 0 Å². The molecule has 0 saturated heterocycles. The number of nitrogens with zero attached hydrogens (tertiary/aromatic N) is 5. The summed E-state index contributed by atoms with van der Waals surface area (Å²) >= 11 is 0. The first-order valence-corrected chi connectivity index (χ1v) is 5.64. The first-order valence-electron chi connectivity index (χ1n) is 5.64. The van der Waals surface area contributed by atoms with E-state index in [9.17, 15) is 14.7 Å². The Morgan fingerprint density at radius 3 is 2.62 bits per heavy atom. The third-order valence-corrected chi connectivity index (χ3v) is 3.03. The Bertz CT molecular complexity index is 801. The van der Waals surface area contributed by atoms with E-state index >= 15 is 0 Å². The summed E-state index contributed by atoms with van der Waals surface area (Å²) < 4.78 is 3.86. The Morgan fingerprint density at radius 2 is 2.10 bits per heavy atom. The molecule has 0 spiro atoms. The lowest BCUT2D eigenvalue weighted by Gasteiger charge is -2.10. The third-order valence-electron chi connectivity index (χ3n) is 3.03. The van der Waals surface area contributed by atoms with Gasteiger partial charge >= 0.3 is 0 Å². The van der Waals surface area contributed by atoms with Crippen LogP contribution in [0.2, 0.25) is 0 Å². The monoisotopic (exact) mass is 300 g/mol. The highest BCUT2D eigenvalue weighted by molar-refractivity contribution is 5.78. The second-order valence-corrected chi connectivity index (χ2v) is 4.31. The van der Waals surface area contributed by atoms with E-state index in [1.165, 1.54) is 22.5 Å². The number of aliphatic hydroxyl groups excluding tert-OH is 1. The van der Waals surface area contributed by atoms with Crippen LogP contribution in [-0.2, 0) is 25.4 Å². The molecule has 0 aliphatic carbocycles. The summed E-state index contributed by atoms with van der Waals surface area (Å²) in [5.74, 6) is -0.893. The van der Waals surface area contributed by atoms with E-state index in [4.69, 9.17) is 10.9 Å². The van der Waals surface area contributed by atoms with Crippen molar-refractivity contribution >= 4 is 17.1 Å². The van der Waals surface area contributed by atoms with Crippen LogP contribution in [0.15, 0.2) is 16.3 Å². The van der Waals surface area contributed by atoms with Gasteiger partial charge in [-0.15, -0.1) is 0 Å². The molecule has 0 bridgehead atoms. The molecule has 0 saturated carbocycles. The number of aryl methyl sites for hydroxylation is 1. The second-order valence-electron chi connectivity index (χ2n) is 4.31. The van der Waals surface area contributed by atoms with Crippen LogP contribution in [0.3, 0.4) is 0 Å². The zero-order valence-electron chi connectivity index (χ0n) is 11.4. The van der Waals surface area contributed by atoms with Crippen LogP contribution < -0.4 is 16.9 Å². The number of aliphatic hydroxyl groups is 1. The number of amides is 1. The molecule has 1 amide bonds. The number of nitrogens with two attached hydrogens (primary N) is 1. The zero-order valence-corrected chi connectivity index (χ0v) is 11.4. The van der Waals surface area contributed by atoms with Crippen molar-refractivity contribution in [3.05, 3.63) is 22.3 Å². The van der Waals surface area contributed by atoms with Crippen molar-refractivity contribution in [1.82, 2.24) is 18.7 Å². The van der Waals surface area contributed by atoms with Crippen molar-refractivity contribution < 1.29 is 20.6 Å². The maximum absolute atomic E-state index is 12.2. The molecule has 2 aromatic rings. The molecule has 6 N–H and O–H groups in total. The molecule has 0 fully saturated rings. The SMILES string of the molecule is Cn1c(=O)c2c(ncn2CC(O)C(N)=O)n(C)c1=NO.O. The summed E-state index contributed by atoms with van der Waals surface area (Å²) in [7, 11) is 3.00. The standard InChI is InChI=1S/C10H14N6O4.H2O/c1-14-8-6(9(19)15(2)10(14)13-20)16(4-12-8)3-5(17)7(11)18;/h4-5,17,20H,3H2,1-2H3,(H2,11,18);1H2. The van der Waals surface area contributed by atoms with E-state index < -0.39 is 17.6 Å². The Hall–Kier alpha value is -2.66. The average Bonchev–Trinajstić information content (AvgIpc) is 2.81. The lowest BCUT2D eigenvalue weighted by Crippen LogP contribution is -2.39. The summed E-state index contributed by atoms with van der Waals surface area (Å²) in [6, 6.07) is 0. The highest BCUT2D eigenvalue weighted by atomic mass is 16.4. The van der Waals surface area contributed by atoms with Gasteiger partial charge in [-0.05, 0) is 0 Å². The van der Waals surface area contributed by atoms with Crippen LogP contribution in [0, 0.1) is 0 Å². The van der Waals surface area contributed by atoms with E-state index in [-0.39, 0.29) is 28.8 Å². The minimum absolute atomic E-state index is 0. The minimum Gasteiger partial charge on any atom is -0.412 e. The van der Waals surface area contributed by atoms with Crippen molar-refractivity contribution in [3.8, 4) is 0 Å². The Balaban J connectivity index is 0.00000220. The number of carbonyl (C=O) groups excluding carboxylic acids is 1.